The van der Waals surface area contributed by atoms with Crippen molar-refractivity contribution in [3.05, 3.63) is 23.8 Å². The van der Waals surface area contributed by atoms with Crippen molar-refractivity contribution in [3.8, 4) is 5.75 Å². The smallest absolute Gasteiger partial charge is 0.224 e. The minimum Gasteiger partial charge on any atom is -0.494 e. The van der Waals surface area contributed by atoms with Gasteiger partial charge in [0.1, 0.15) is 5.75 Å². The maximum atomic E-state index is 11.5. The second-order valence-electron chi connectivity index (χ2n) is 5.47. The number of aliphatic hydroxyl groups excluding tert-OH is 1. The molecule has 0 bridgehead atoms. The average molecular weight is 306 g/mol. The van der Waals surface area contributed by atoms with E-state index in [9.17, 15) is 9.59 Å². The molecule has 0 aromatic heterocycles. The van der Waals surface area contributed by atoms with Gasteiger partial charge in [0.15, 0.2) is 0 Å². The van der Waals surface area contributed by atoms with Crippen molar-refractivity contribution in [1.82, 2.24) is 5.32 Å². The van der Waals surface area contributed by atoms with E-state index in [-0.39, 0.29) is 24.5 Å². The molecule has 22 heavy (non-hydrogen) atoms. The maximum Gasteiger partial charge on any atom is 0.224 e. The molecule has 1 aliphatic heterocycles. The summed E-state index contributed by atoms with van der Waals surface area (Å²) in [5.74, 6) is 0.710. The summed E-state index contributed by atoms with van der Waals surface area (Å²) in [5, 5.41) is 14.4. The van der Waals surface area contributed by atoms with Crippen LogP contribution in [0.1, 0.15) is 31.7 Å². The number of aryl methyl sites for hydroxylation is 1. The van der Waals surface area contributed by atoms with Crippen molar-refractivity contribution in [1.29, 1.82) is 0 Å². The van der Waals surface area contributed by atoms with E-state index < -0.39 is 0 Å². The molecule has 0 radical (unpaired) electrons. The third-order valence-corrected chi connectivity index (χ3v) is 3.47. The van der Waals surface area contributed by atoms with Crippen molar-refractivity contribution < 1.29 is 19.4 Å². The Labute approximate surface area is 129 Å². The molecule has 6 nitrogen and oxygen atoms in total. The number of hydrogen-bond donors (Lipinski definition) is 3. The fraction of sp³-hybridized carbons (Fsp3) is 0.500. The van der Waals surface area contributed by atoms with Gasteiger partial charge in [-0.3, -0.25) is 9.59 Å². The van der Waals surface area contributed by atoms with E-state index in [1.54, 1.807) is 6.92 Å². The van der Waals surface area contributed by atoms with Crippen molar-refractivity contribution >= 4 is 17.5 Å². The zero-order valence-electron chi connectivity index (χ0n) is 12.7. The van der Waals surface area contributed by atoms with Gasteiger partial charge in [0.2, 0.25) is 11.8 Å². The van der Waals surface area contributed by atoms with Crippen LogP contribution < -0.4 is 15.4 Å². The quantitative estimate of drug-likeness (QED) is 0.661. The first-order chi connectivity index (χ1) is 10.6. The van der Waals surface area contributed by atoms with Crippen LogP contribution in [0.4, 0.5) is 5.69 Å². The lowest BCUT2D eigenvalue weighted by Gasteiger charge is -2.17. The number of aliphatic hydroxyl groups is 1. The molecule has 1 atom stereocenters. The van der Waals surface area contributed by atoms with Crippen LogP contribution in [0.15, 0.2) is 18.2 Å². The van der Waals surface area contributed by atoms with E-state index in [1.165, 1.54) is 0 Å². The lowest BCUT2D eigenvalue weighted by Crippen LogP contribution is -2.34. The Morgan fingerprint density at radius 1 is 1.45 bits per heavy atom. The normalized spacial score (nSPS) is 14.7. The Bertz CT molecular complexity index is 545. The van der Waals surface area contributed by atoms with Gasteiger partial charge in [-0.05, 0) is 43.5 Å². The van der Waals surface area contributed by atoms with Crippen molar-refractivity contribution in [2.75, 3.05) is 18.5 Å². The van der Waals surface area contributed by atoms with E-state index in [0.29, 0.717) is 25.9 Å². The summed E-state index contributed by atoms with van der Waals surface area (Å²) >= 11 is 0. The molecule has 120 valence electrons. The van der Waals surface area contributed by atoms with E-state index in [4.69, 9.17) is 9.84 Å². The number of benzene rings is 1. The van der Waals surface area contributed by atoms with E-state index in [2.05, 4.69) is 10.6 Å². The van der Waals surface area contributed by atoms with Crippen LogP contribution in [-0.2, 0) is 16.0 Å². The van der Waals surface area contributed by atoms with Crippen molar-refractivity contribution in [2.45, 2.75) is 38.6 Å². The lowest BCUT2D eigenvalue weighted by atomic mass is 10.0. The number of amides is 2. The Kier molecular flexibility index (Phi) is 5.77. The number of carbonyl (C=O) groups excluding carboxylic acids is 2. The monoisotopic (exact) mass is 306 g/mol. The van der Waals surface area contributed by atoms with Crippen LogP contribution >= 0.6 is 0 Å². The fourth-order valence-electron chi connectivity index (χ4n) is 2.26. The number of hydrogen-bond acceptors (Lipinski definition) is 4. The topological polar surface area (TPSA) is 87.7 Å². The fourth-order valence-corrected chi connectivity index (χ4v) is 2.26. The Hall–Kier alpha value is -2.08. The van der Waals surface area contributed by atoms with Gasteiger partial charge in [0, 0.05) is 24.6 Å². The van der Waals surface area contributed by atoms with Crippen LogP contribution in [0.2, 0.25) is 0 Å². The number of carbonyl (C=O) groups is 2. The van der Waals surface area contributed by atoms with Crippen LogP contribution in [-0.4, -0.2) is 36.2 Å². The maximum absolute atomic E-state index is 11.5. The molecule has 1 aliphatic rings. The number of rotatable bonds is 7. The highest BCUT2D eigenvalue weighted by molar-refractivity contribution is 5.94. The van der Waals surface area contributed by atoms with Crippen LogP contribution in [0.3, 0.4) is 0 Å². The van der Waals surface area contributed by atoms with Crippen molar-refractivity contribution in [3.63, 3.8) is 0 Å². The number of anilines is 1. The predicted molar refractivity (Wildman–Crippen MR) is 82.8 cm³/mol. The molecule has 1 aromatic rings. The highest BCUT2D eigenvalue weighted by atomic mass is 16.5. The van der Waals surface area contributed by atoms with Gasteiger partial charge < -0.3 is 20.5 Å². The van der Waals surface area contributed by atoms with Crippen molar-refractivity contribution in [2.24, 2.45) is 0 Å². The first-order valence-corrected chi connectivity index (χ1v) is 7.54. The second-order valence-corrected chi connectivity index (χ2v) is 5.47. The highest BCUT2D eigenvalue weighted by Crippen LogP contribution is 2.26. The van der Waals surface area contributed by atoms with Gasteiger partial charge in [0.25, 0.3) is 0 Å². The molecule has 3 N–H and O–H groups in total. The molecular weight excluding hydrogens is 284 g/mol. The molecule has 0 saturated heterocycles. The Balaban J connectivity index is 1.74. The van der Waals surface area contributed by atoms with Gasteiger partial charge in [-0.1, -0.05) is 0 Å². The Morgan fingerprint density at radius 2 is 2.27 bits per heavy atom. The summed E-state index contributed by atoms with van der Waals surface area (Å²) in [6.07, 6.45) is 2.20. The molecule has 0 saturated carbocycles. The van der Waals surface area contributed by atoms with Gasteiger partial charge in [-0.15, -0.1) is 0 Å². The Morgan fingerprint density at radius 3 is 3.05 bits per heavy atom. The van der Waals surface area contributed by atoms with E-state index in [0.717, 1.165) is 23.4 Å². The van der Waals surface area contributed by atoms with Gasteiger partial charge >= 0.3 is 0 Å². The molecular formula is C16H22N2O4. The molecule has 2 amide bonds. The summed E-state index contributed by atoms with van der Waals surface area (Å²) < 4.78 is 5.64. The highest BCUT2D eigenvalue weighted by Gasteiger charge is 2.15. The number of fused-ring (bicyclic) bond motifs is 1. The summed E-state index contributed by atoms with van der Waals surface area (Å²) in [7, 11) is 0. The molecule has 0 aliphatic carbocycles. The van der Waals surface area contributed by atoms with Crippen LogP contribution in [0.5, 0.6) is 5.75 Å². The zero-order chi connectivity index (χ0) is 15.9. The first kappa shape index (κ1) is 16.3. The number of nitrogens with one attached hydrogen (secondary N) is 2. The SMILES string of the molecule is C[C@@H](CO)NC(=O)CCCOc1ccc2c(c1)CCC(=O)N2. The molecule has 1 aromatic carbocycles. The summed E-state index contributed by atoms with van der Waals surface area (Å²) in [4.78, 5) is 22.8. The third-order valence-electron chi connectivity index (χ3n) is 3.47. The largest absolute Gasteiger partial charge is 0.494 e. The summed E-state index contributed by atoms with van der Waals surface area (Å²) in [6.45, 7) is 2.14. The molecule has 0 unspecified atom stereocenters. The minimum absolute atomic E-state index is 0.0456. The summed E-state index contributed by atoms with van der Waals surface area (Å²) in [5.41, 5.74) is 1.92. The molecule has 0 fully saturated rings. The van der Waals surface area contributed by atoms with Crippen LogP contribution in [0, 0.1) is 0 Å². The molecule has 1 heterocycles. The summed E-state index contributed by atoms with van der Waals surface area (Å²) in [6, 6.07) is 5.38. The van der Waals surface area contributed by atoms with E-state index in [1.807, 2.05) is 18.2 Å². The second kappa shape index (κ2) is 7.79. The average Bonchev–Trinajstić information content (AvgIpc) is 2.51. The van der Waals surface area contributed by atoms with Gasteiger partial charge in [-0.2, -0.15) is 0 Å². The standard InChI is InChI=1S/C16H22N2O4/c1-11(10-19)17-15(20)3-2-8-22-13-5-6-14-12(9-13)4-7-16(21)18-14/h5-6,9,11,19H,2-4,7-8,10H2,1H3,(H,17,20)(H,18,21)/t11-/m0/s1. The number of ether oxygens (including phenoxy) is 1. The predicted octanol–water partition coefficient (Wildman–Crippen LogP) is 1.23. The van der Waals surface area contributed by atoms with Gasteiger partial charge in [-0.25, -0.2) is 0 Å². The van der Waals surface area contributed by atoms with Gasteiger partial charge in [0.05, 0.1) is 13.2 Å². The minimum atomic E-state index is -0.218. The van der Waals surface area contributed by atoms with Crippen LogP contribution in [0.25, 0.3) is 0 Å². The molecule has 6 heteroatoms. The van der Waals surface area contributed by atoms with E-state index >= 15 is 0 Å². The first-order valence-electron chi connectivity index (χ1n) is 7.54. The molecule has 0 spiro atoms. The third kappa shape index (κ3) is 4.73. The lowest BCUT2D eigenvalue weighted by molar-refractivity contribution is -0.122. The zero-order valence-corrected chi connectivity index (χ0v) is 12.7. The molecule has 2 rings (SSSR count).